The number of hydrogen-bond acceptors (Lipinski definition) is 1. The van der Waals surface area contributed by atoms with Crippen molar-refractivity contribution in [2.75, 3.05) is 5.32 Å². The number of carbonyl (C=O) groups excluding carboxylic acids is 1. The summed E-state index contributed by atoms with van der Waals surface area (Å²) >= 11 is 0. The first kappa shape index (κ1) is 17.1. The van der Waals surface area contributed by atoms with Gasteiger partial charge in [-0.25, -0.2) is 0 Å². The number of anilines is 1. The highest BCUT2D eigenvalue weighted by Gasteiger charge is 2.34. The minimum Gasteiger partial charge on any atom is -0.322 e. The molecule has 2 aromatic carbocycles. The molecule has 23 heavy (non-hydrogen) atoms. The summed E-state index contributed by atoms with van der Waals surface area (Å²) < 4.78 is 38.8. The molecule has 0 aliphatic heterocycles. The van der Waals surface area contributed by atoms with E-state index in [4.69, 9.17) is 0 Å². The topological polar surface area (TPSA) is 29.1 Å². The average molecular weight is 321 g/mol. The fraction of sp³-hybridized carbons (Fsp3) is 0.278. The molecule has 1 atom stereocenters. The first-order chi connectivity index (χ1) is 10.8. The molecule has 0 saturated heterocycles. The van der Waals surface area contributed by atoms with E-state index in [9.17, 15) is 18.0 Å². The molecule has 0 aromatic heterocycles. The van der Waals surface area contributed by atoms with Gasteiger partial charge >= 0.3 is 6.18 Å². The van der Waals surface area contributed by atoms with E-state index in [1.165, 1.54) is 18.2 Å². The second kappa shape index (κ2) is 6.86. The van der Waals surface area contributed by atoms with Gasteiger partial charge in [-0.2, -0.15) is 13.2 Å². The molecule has 1 amide bonds. The molecule has 2 aromatic rings. The number of nitrogens with one attached hydrogen (secondary N) is 1. The minimum atomic E-state index is -4.56. The molecule has 0 bridgehead atoms. The predicted molar refractivity (Wildman–Crippen MR) is 84.5 cm³/mol. The van der Waals surface area contributed by atoms with Gasteiger partial charge in [0.05, 0.1) is 11.1 Å². The Kier molecular flexibility index (Phi) is 5.08. The summed E-state index contributed by atoms with van der Waals surface area (Å²) in [6, 6.07) is 11.9. The molecule has 5 heteroatoms. The van der Waals surface area contributed by atoms with Gasteiger partial charge in [0.15, 0.2) is 0 Å². The van der Waals surface area contributed by atoms with Crippen LogP contribution >= 0.6 is 0 Å². The molecule has 122 valence electrons. The van der Waals surface area contributed by atoms with Crippen LogP contribution < -0.4 is 5.32 Å². The Hall–Kier alpha value is -2.30. The monoisotopic (exact) mass is 321 g/mol. The maximum absolute atomic E-state index is 12.9. The summed E-state index contributed by atoms with van der Waals surface area (Å²) in [6.07, 6.45) is -3.57. The molecule has 0 radical (unpaired) electrons. The van der Waals surface area contributed by atoms with E-state index in [0.29, 0.717) is 11.6 Å². The van der Waals surface area contributed by atoms with Crippen molar-refractivity contribution in [3.8, 4) is 0 Å². The summed E-state index contributed by atoms with van der Waals surface area (Å²) in [6.45, 7) is 4.17. The van der Waals surface area contributed by atoms with Gasteiger partial charge < -0.3 is 5.32 Å². The van der Waals surface area contributed by atoms with Crippen LogP contribution in [-0.2, 0) is 6.18 Å². The van der Waals surface area contributed by atoms with Crippen molar-refractivity contribution >= 4 is 11.6 Å². The summed E-state index contributed by atoms with van der Waals surface area (Å²) in [5.41, 5.74) is 0.278. The van der Waals surface area contributed by atoms with Crippen molar-refractivity contribution < 1.29 is 18.0 Å². The number of rotatable bonds is 4. The Morgan fingerprint density at radius 2 is 1.70 bits per heavy atom. The smallest absolute Gasteiger partial charge is 0.322 e. The van der Waals surface area contributed by atoms with Crippen LogP contribution in [0.15, 0.2) is 48.5 Å². The number of alkyl halides is 3. The maximum atomic E-state index is 12.9. The predicted octanol–water partition coefficient (Wildman–Crippen LogP) is 5.47. The Bertz CT molecular complexity index is 677. The molecule has 0 heterocycles. The van der Waals surface area contributed by atoms with Crippen molar-refractivity contribution in [3.63, 3.8) is 0 Å². The van der Waals surface area contributed by atoms with Gasteiger partial charge in [0.1, 0.15) is 0 Å². The molecular weight excluding hydrogens is 303 g/mol. The number of halogens is 3. The van der Waals surface area contributed by atoms with E-state index in [2.05, 4.69) is 19.2 Å². The quantitative estimate of drug-likeness (QED) is 0.794. The Morgan fingerprint density at radius 1 is 1.09 bits per heavy atom. The summed E-state index contributed by atoms with van der Waals surface area (Å²) in [5, 5.41) is 2.52. The molecular formula is C18H18F3NO. The van der Waals surface area contributed by atoms with Crippen LogP contribution in [-0.4, -0.2) is 5.91 Å². The maximum Gasteiger partial charge on any atom is 0.417 e. The molecule has 0 spiro atoms. The number of hydrogen-bond donors (Lipinski definition) is 1. The van der Waals surface area contributed by atoms with Crippen molar-refractivity contribution in [1.29, 1.82) is 0 Å². The van der Waals surface area contributed by atoms with Gasteiger partial charge in [-0.05, 0) is 42.2 Å². The fourth-order valence-corrected chi connectivity index (χ4v) is 2.26. The Labute approximate surface area is 133 Å². The van der Waals surface area contributed by atoms with Gasteiger partial charge in [0.2, 0.25) is 0 Å². The van der Waals surface area contributed by atoms with Crippen LogP contribution in [0.1, 0.15) is 47.7 Å². The second-order valence-electron chi connectivity index (χ2n) is 5.43. The van der Waals surface area contributed by atoms with Crippen molar-refractivity contribution in [1.82, 2.24) is 0 Å². The minimum absolute atomic E-state index is 0.383. The molecule has 0 aliphatic carbocycles. The van der Waals surface area contributed by atoms with Crippen molar-refractivity contribution in [2.24, 2.45) is 0 Å². The van der Waals surface area contributed by atoms with Crippen molar-refractivity contribution in [2.45, 2.75) is 32.4 Å². The SMILES string of the molecule is CC[C@@H](C)c1ccc(NC(=O)c2ccccc2C(F)(F)F)cc1. The zero-order valence-corrected chi connectivity index (χ0v) is 12.9. The highest BCUT2D eigenvalue weighted by molar-refractivity contribution is 6.05. The van der Waals surface area contributed by atoms with Gasteiger partial charge in [0, 0.05) is 5.69 Å². The van der Waals surface area contributed by atoms with E-state index in [1.807, 2.05) is 12.1 Å². The molecule has 2 rings (SSSR count). The second-order valence-corrected chi connectivity index (χ2v) is 5.43. The summed E-state index contributed by atoms with van der Waals surface area (Å²) in [7, 11) is 0. The van der Waals surface area contributed by atoms with Crippen LogP contribution in [0.4, 0.5) is 18.9 Å². The zero-order chi connectivity index (χ0) is 17.0. The van der Waals surface area contributed by atoms with Crippen molar-refractivity contribution in [3.05, 3.63) is 65.2 Å². The molecule has 0 unspecified atom stereocenters. The number of carbonyl (C=O) groups is 1. The average Bonchev–Trinajstić information content (AvgIpc) is 2.54. The molecule has 0 fully saturated rings. The Balaban J connectivity index is 2.20. The van der Waals surface area contributed by atoms with Gasteiger partial charge in [-0.15, -0.1) is 0 Å². The molecule has 1 N–H and O–H groups in total. The molecule has 2 nitrogen and oxygen atoms in total. The lowest BCUT2D eigenvalue weighted by atomic mass is 9.98. The Morgan fingerprint density at radius 3 is 2.26 bits per heavy atom. The van der Waals surface area contributed by atoms with Crippen LogP contribution in [0.5, 0.6) is 0 Å². The number of benzene rings is 2. The first-order valence-corrected chi connectivity index (χ1v) is 7.40. The molecule has 0 aliphatic rings. The standard InChI is InChI=1S/C18H18F3NO/c1-3-12(2)13-8-10-14(11-9-13)22-17(23)15-6-4-5-7-16(15)18(19,20)21/h4-12H,3H2,1-2H3,(H,22,23)/t12-/m1/s1. The highest BCUT2D eigenvalue weighted by Crippen LogP contribution is 2.32. The lowest BCUT2D eigenvalue weighted by Gasteiger charge is -2.13. The van der Waals surface area contributed by atoms with Gasteiger partial charge in [0.25, 0.3) is 5.91 Å². The van der Waals surface area contributed by atoms with Crippen LogP contribution in [0.2, 0.25) is 0 Å². The summed E-state index contributed by atoms with van der Waals surface area (Å²) in [4.78, 5) is 12.1. The summed E-state index contributed by atoms with van der Waals surface area (Å²) in [5.74, 6) is -0.375. The van der Waals surface area contributed by atoms with Crippen LogP contribution in [0.25, 0.3) is 0 Å². The third-order valence-corrected chi connectivity index (χ3v) is 3.83. The number of amides is 1. The first-order valence-electron chi connectivity index (χ1n) is 7.40. The van der Waals surface area contributed by atoms with Crippen LogP contribution in [0, 0.1) is 0 Å². The largest absolute Gasteiger partial charge is 0.417 e. The van der Waals surface area contributed by atoms with E-state index in [1.54, 1.807) is 12.1 Å². The third-order valence-electron chi connectivity index (χ3n) is 3.83. The zero-order valence-electron chi connectivity index (χ0n) is 12.9. The fourth-order valence-electron chi connectivity index (χ4n) is 2.26. The van der Waals surface area contributed by atoms with E-state index in [-0.39, 0.29) is 5.56 Å². The lowest BCUT2D eigenvalue weighted by Crippen LogP contribution is -2.18. The van der Waals surface area contributed by atoms with E-state index >= 15 is 0 Å². The normalized spacial score (nSPS) is 12.7. The molecule has 0 saturated carbocycles. The van der Waals surface area contributed by atoms with E-state index < -0.39 is 17.6 Å². The lowest BCUT2D eigenvalue weighted by molar-refractivity contribution is -0.137. The van der Waals surface area contributed by atoms with Gasteiger partial charge in [-0.1, -0.05) is 38.1 Å². The van der Waals surface area contributed by atoms with Crippen LogP contribution in [0.3, 0.4) is 0 Å². The third kappa shape index (κ3) is 4.12. The van der Waals surface area contributed by atoms with Gasteiger partial charge in [-0.3, -0.25) is 4.79 Å². The van der Waals surface area contributed by atoms with E-state index in [0.717, 1.165) is 18.1 Å². The highest BCUT2D eigenvalue weighted by atomic mass is 19.4.